The molecule has 2 saturated heterocycles. The number of nitrogens with two attached hydrogens (primary N) is 1. The van der Waals surface area contributed by atoms with E-state index in [4.69, 9.17) is 10.5 Å². The molecule has 2 aliphatic rings. The van der Waals surface area contributed by atoms with Crippen LogP contribution in [0.15, 0.2) is 0 Å². The van der Waals surface area contributed by atoms with Crippen molar-refractivity contribution in [1.29, 1.82) is 0 Å². The maximum atomic E-state index is 5.72. The molecule has 1 unspecified atom stereocenters. The molecule has 2 fully saturated rings. The molecule has 0 saturated carbocycles. The molecule has 0 aromatic rings. The lowest BCUT2D eigenvalue weighted by molar-refractivity contribution is 0.0285. The normalized spacial score (nSPS) is 26.3. The van der Waals surface area contributed by atoms with Crippen LogP contribution in [-0.4, -0.2) is 92.9 Å². The Morgan fingerprint density at radius 1 is 0.944 bits per heavy atom. The Kier molecular flexibility index (Phi) is 5.85. The minimum absolute atomic E-state index is 0.534. The van der Waals surface area contributed by atoms with Gasteiger partial charge in [0, 0.05) is 64.9 Å². The van der Waals surface area contributed by atoms with Gasteiger partial charge in [-0.15, -0.1) is 0 Å². The fourth-order valence-corrected chi connectivity index (χ4v) is 2.68. The zero-order valence-electron chi connectivity index (χ0n) is 11.7. The van der Waals surface area contributed by atoms with Gasteiger partial charge in [-0.1, -0.05) is 0 Å². The van der Waals surface area contributed by atoms with Gasteiger partial charge in [0.2, 0.25) is 0 Å². The lowest BCUT2D eigenvalue weighted by Gasteiger charge is -2.38. The Hall–Kier alpha value is -0.200. The van der Waals surface area contributed by atoms with Crippen LogP contribution in [0.4, 0.5) is 0 Å². The van der Waals surface area contributed by atoms with Gasteiger partial charge < -0.3 is 10.5 Å². The number of morpholine rings is 1. The maximum absolute atomic E-state index is 5.72. The van der Waals surface area contributed by atoms with Crippen molar-refractivity contribution >= 4 is 0 Å². The maximum Gasteiger partial charge on any atom is 0.0594 e. The Bertz CT molecular complexity index is 225. The molecule has 2 heterocycles. The van der Waals surface area contributed by atoms with Crippen LogP contribution in [0.2, 0.25) is 0 Å². The van der Waals surface area contributed by atoms with Crippen LogP contribution in [0.5, 0.6) is 0 Å². The summed E-state index contributed by atoms with van der Waals surface area (Å²) in [7, 11) is 0. The van der Waals surface area contributed by atoms with E-state index in [0.29, 0.717) is 6.04 Å². The van der Waals surface area contributed by atoms with Crippen LogP contribution in [0.1, 0.15) is 6.92 Å². The van der Waals surface area contributed by atoms with Gasteiger partial charge in [0.1, 0.15) is 0 Å². The molecule has 0 bridgehead atoms. The topological polar surface area (TPSA) is 45.0 Å². The van der Waals surface area contributed by atoms with Gasteiger partial charge >= 0.3 is 0 Å². The molecule has 5 heteroatoms. The molecular weight excluding hydrogens is 228 g/mol. The first-order chi connectivity index (χ1) is 8.79. The summed E-state index contributed by atoms with van der Waals surface area (Å²) in [5.41, 5.74) is 5.72. The number of ether oxygens (including phenoxy) is 1. The van der Waals surface area contributed by atoms with E-state index in [1.807, 2.05) is 0 Å². The number of hydrogen-bond acceptors (Lipinski definition) is 5. The molecule has 0 aliphatic carbocycles. The van der Waals surface area contributed by atoms with Crippen LogP contribution in [0, 0.1) is 0 Å². The van der Waals surface area contributed by atoms with Crippen molar-refractivity contribution in [2.45, 2.75) is 13.0 Å². The largest absolute Gasteiger partial charge is 0.379 e. The van der Waals surface area contributed by atoms with Crippen LogP contribution in [0.25, 0.3) is 0 Å². The van der Waals surface area contributed by atoms with Crippen molar-refractivity contribution in [1.82, 2.24) is 14.7 Å². The minimum atomic E-state index is 0.534. The summed E-state index contributed by atoms with van der Waals surface area (Å²) in [5.74, 6) is 0. The van der Waals surface area contributed by atoms with E-state index in [2.05, 4.69) is 21.6 Å². The first-order valence-corrected chi connectivity index (χ1v) is 7.26. The zero-order chi connectivity index (χ0) is 12.8. The van der Waals surface area contributed by atoms with E-state index in [1.54, 1.807) is 0 Å². The van der Waals surface area contributed by atoms with Gasteiger partial charge in [-0.2, -0.15) is 0 Å². The third-order valence-electron chi connectivity index (χ3n) is 4.21. The highest BCUT2D eigenvalue weighted by molar-refractivity contribution is 4.77. The molecule has 0 amide bonds. The molecule has 0 spiro atoms. The van der Waals surface area contributed by atoms with E-state index in [0.717, 1.165) is 32.8 Å². The smallest absolute Gasteiger partial charge is 0.0594 e. The van der Waals surface area contributed by atoms with E-state index in [9.17, 15) is 0 Å². The summed E-state index contributed by atoms with van der Waals surface area (Å²) < 4.78 is 5.37. The van der Waals surface area contributed by atoms with Crippen LogP contribution >= 0.6 is 0 Å². The van der Waals surface area contributed by atoms with Crippen molar-refractivity contribution in [3.8, 4) is 0 Å². The molecule has 2 aliphatic heterocycles. The third-order valence-corrected chi connectivity index (χ3v) is 4.21. The lowest BCUT2D eigenvalue weighted by Crippen LogP contribution is -2.52. The molecule has 18 heavy (non-hydrogen) atoms. The lowest BCUT2D eigenvalue weighted by atomic mass is 10.2. The quantitative estimate of drug-likeness (QED) is 0.704. The summed E-state index contributed by atoms with van der Waals surface area (Å²) in [6.45, 7) is 14.1. The van der Waals surface area contributed by atoms with Gasteiger partial charge in [-0.3, -0.25) is 14.7 Å². The Morgan fingerprint density at radius 2 is 1.50 bits per heavy atom. The summed E-state index contributed by atoms with van der Waals surface area (Å²) in [5, 5.41) is 0. The van der Waals surface area contributed by atoms with Gasteiger partial charge in [0.15, 0.2) is 0 Å². The standard InChI is InChI=1S/C13H28N4O/c1-13(12-14)17-6-4-15(5-7-17)2-3-16-8-10-18-11-9-16/h13H,2-12,14H2,1H3. The molecule has 1 atom stereocenters. The van der Waals surface area contributed by atoms with Crippen molar-refractivity contribution < 1.29 is 4.74 Å². The fraction of sp³-hybridized carbons (Fsp3) is 1.00. The molecular formula is C13H28N4O. The first kappa shape index (κ1) is 14.2. The van der Waals surface area contributed by atoms with Crippen LogP contribution < -0.4 is 5.73 Å². The van der Waals surface area contributed by atoms with E-state index in [1.165, 1.54) is 39.3 Å². The van der Waals surface area contributed by atoms with E-state index in [-0.39, 0.29) is 0 Å². The Labute approximate surface area is 111 Å². The molecule has 2 N–H and O–H groups in total. The summed E-state index contributed by atoms with van der Waals surface area (Å²) in [4.78, 5) is 7.60. The van der Waals surface area contributed by atoms with Gasteiger partial charge in [0.25, 0.3) is 0 Å². The average molecular weight is 256 g/mol. The monoisotopic (exact) mass is 256 g/mol. The minimum Gasteiger partial charge on any atom is -0.379 e. The van der Waals surface area contributed by atoms with Crippen LogP contribution in [0.3, 0.4) is 0 Å². The molecule has 2 rings (SSSR count). The molecule has 0 aromatic carbocycles. The Morgan fingerprint density at radius 3 is 2.06 bits per heavy atom. The number of rotatable bonds is 5. The highest BCUT2D eigenvalue weighted by atomic mass is 16.5. The summed E-state index contributed by atoms with van der Waals surface area (Å²) in [6.07, 6.45) is 0. The SMILES string of the molecule is CC(CN)N1CCN(CCN2CCOCC2)CC1. The zero-order valence-corrected chi connectivity index (χ0v) is 11.7. The predicted octanol–water partition coefficient (Wildman–Crippen LogP) is -0.717. The van der Waals surface area contributed by atoms with Crippen molar-refractivity contribution in [2.75, 3.05) is 72.1 Å². The van der Waals surface area contributed by atoms with Crippen LogP contribution in [-0.2, 0) is 4.74 Å². The number of hydrogen-bond donors (Lipinski definition) is 1. The Balaban J connectivity index is 1.61. The van der Waals surface area contributed by atoms with Crippen molar-refractivity contribution in [3.05, 3.63) is 0 Å². The second kappa shape index (κ2) is 7.40. The number of nitrogens with zero attached hydrogens (tertiary/aromatic N) is 3. The molecule has 0 radical (unpaired) electrons. The van der Waals surface area contributed by atoms with Crippen molar-refractivity contribution in [2.24, 2.45) is 5.73 Å². The van der Waals surface area contributed by atoms with Gasteiger partial charge in [0.05, 0.1) is 13.2 Å². The third kappa shape index (κ3) is 4.17. The second-order valence-electron chi connectivity index (χ2n) is 5.42. The van der Waals surface area contributed by atoms with Gasteiger partial charge in [-0.25, -0.2) is 0 Å². The fourth-order valence-electron chi connectivity index (χ4n) is 2.68. The highest BCUT2D eigenvalue weighted by Crippen LogP contribution is 2.06. The second-order valence-corrected chi connectivity index (χ2v) is 5.42. The average Bonchev–Trinajstić information content (AvgIpc) is 2.46. The molecule has 106 valence electrons. The van der Waals surface area contributed by atoms with Gasteiger partial charge in [-0.05, 0) is 6.92 Å². The summed E-state index contributed by atoms with van der Waals surface area (Å²) >= 11 is 0. The molecule has 5 nitrogen and oxygen atoms in total. The summed E-state index contributed by atoms with van der Waals surface area (Å²) in [6, 6.07) is 0.534. The van der Waals surface area contributed by atoms with Crippen molar-refractivity contribution in [3.63, 3.8) is 0 Å². The van der Waals surface area contributed by atoms with E-state index < -0.39 is 0 Å². The highest BCUT2D eigenvalue weighted by Gasteiger charge is 2.20. The number of piperazine rings is 1. The molecule has 0 aromatic heterocycles. The predicted molar refractivity (Wildman–Crippen MR) is 73.8 cm³/mol. The first-order valence-electron chi connectivity index (χ1n) is 7.26. The van der Waals surface area contributed by atoms with E-state index >= 15 is 0 Å².